The van der Waals surface area contributed by atoms with Gasteiger partial charge in [0.25, 0.3) is 0 Å². The van der Waals surface area contributed by atoms with Gasteiger partial charge < -0.3 is 9.47 Å². The van der Waals surface area contributed by atoms with Gasteiger partial charge in [-0.1, -0.05) is 0 Å². The van der Waals surface area contributed by atoms with Crippen LogP contribution in [0.1, 0.15) is 41.5 Å². The molecule has 0 saturated carbocycles. The Morgan fingerprint density at radius 1 is 1.41 bits per heavy atom. The van der Waals surface area contributed by atoms with Crippen LogP contribution in [0.15, 0.2) is 0 Å². The molecule has 1 fully saturated rings. The van der Waals surface area contributed by atoms with Crippen LogP contribution < -0.4 is 0 Å². The van der Waals surface area contributed by atoms with Crippen molar-refractivity contribution in [1.82, 2.24) is 4.90 Å². The Bertz CT molecular complexity index is 281. The third-order valence-corrected chi connectivity index (χ3v) is 2.92. The summed E-state index contributed by atoms with van der Waals surface area (Å²) in [6, 6.07) is -0.229. The topological polar surface area (TPSA) is 38.8 Å². The van der Waals surface area contributed by atoms with Gasteiger partial charge >= 0.3 is 5.97 Å². The molecule has 0 aromatic carbocycles. The molecular weight excluding hydrogens is 218 g/mol. The van der Waals surface area contributed by atoms with Crippen molar-refractivity contribution in [3.05, 3.63) is 0 Å². The molecule has 4 heteroatoms. The molecule has 0 bridgehead atoms. The second-order valence-electron chi connectivity index (χ2n) is 6.27. The predicted molar refractivity (Wildman–Crippen MR) is 66.9 cm³/mol. The first-order valence-corrected chi connectivity index (χ1v) is 6.21. The highest BCUT2D eigenvalue weighted by Crippen LogP contribution is 2.23. The Hall–Kier alpha value is -0.610. The van der Waals surface area contributed by atoms with Crippen LogP contribution in [0.3, 0.4) is 0 Å². The van der Waals surface area contributed by atoms with E-state index in [0.29, 0.717) is 13.2 Å². The predicted octanol–water partition coefficient (Wildman–Crippen LogP) is 1.83. The van der Waals surface area contributed by atoms with Crippen LogP contribution in [0.4, 0.5) is 0 Å². The lowest BCUT2D eigenvalue weighted by atomic mass is 10.00. The number of nitrogens with zero attached hydrogens (tertiary/aromatic N) is 1. The van der Waals surface area contributed by atoms with E-state index in [-0.39, 0.29) is 17.6 Å². The highest BCUT2D eigenvalue weighted by Gasteiger charge is 2.38. The summed E-state index contributed by atoms with van der Waals surface area (Å²) in [7, 11) is 0. The van der Waals surface area contributed by atoms with Gasteiger partial charge in [0.05, 0.1) is 13.2 Å². The molecule has 1 aliphatic rings. The monoisotopic (exact) mass is 243 g/mol. The molecule has 0 aromatic heterocycles. The zero-order chi connectivity index (χ0) is 13.3. The van der Waals surface area contributed by atoms with E-state index in [1.807, 2.05) is 27.7 Å². The van der Waals surface area contributed by atoms with Gasteiger partial charge in [0.1, 0.15) is 11.6 Å². The van der Waals surface area contributed by atoms with Gasteiger partial charge in [-0.3, -0.25) is 9.69 Å². The minimum atomic E-state index is -0.429. The van der Waals surface area contributed by atoms with Gasteiger partial charge in [-0.2, -0.15) is 0 Å². The molecule has 0 aromatic rings. The van der Waals surface area contributed by atoms with E-state index in [4.69, 9.17) is 9.47 Å². The Labute approximate surface area is 104 Å². The van der Waals surface area contributed by atoms with Crippen molar-refractivity contribution in [3.8, 4) is 0 Å². The van der Waals surface area contributed by atoms with E-state index in [2.05, 4.69) is 18.7 Å². The minimum absolute atomic E-state index is 0.116. The molecular formula is C13H25NO3. The fourth-order valence-corrected chi connectivity index (χ4v) is 2.10. The fourth-order valence-electron chi connectivity index (χ4n) is 2.10. The SMILES string of the molecule is CC(C(=O)OC(C)(C)C)N1CCOCC1(C)C. The molecule has 0 amide bonds. The smallest absolute Gasteiger partial charge is 0.323 e. The van der Waals surface area contributed by atoms with Gasteiger partial charge in [0.2, 0.25) is 0 Å². The standard InChI is InChI=1S/C13H25NO3/c1-10(11(15)17-12(2,3)4)14-7-8-16-9-13(14,5)6/h10H,7-9H2,1-6H3. The third kappa shape index (κ3) is 3.96. The van der Waals surface area contributed by atoms with Crippen LogP contribution in [-0.2, 0) is 14.3 Å². The van der Waals surface area contributed by atoms with Crippen molar-refractivity contribution < 1.29 is 14.3 Å². The molecule has 0 N–H and O–H groups in total. The summed E-state index contributed by atoms with van der Waals surface area (Å²) in [5.74, 6) is -0.160. The molecule has 1 aliphatic heterocycles. The average Bonchev–Trinajstić information content (AvgIpc) is 2.13. The van der Waals surface area contributed by atoms with Crippen molar-refractivity contribution in [1.29, 1.82) is 0 Å². The molecule has 1 unspecified atom stereocenters. The molecule has 1 heterocycles. The largest absolute Gasteiger partial charge is 0.459 e. The normalized spacial score (nSPS) is 23.2. The van der Waals surface area contributed by atoms with Crippen molar-refractivity contribution in [2.75, 3.05) is 19.8 Å². The number of hydrogen-bond acceptors (Lipinski definition) is 4. The van der Waals surface area contributed by atoms with Crippen LogP contribution in [0.2, 0.25) is 0 Å². The van der Waals surface area contributed by atoms with E-state index in [1.165, 1.54) is 0 Å². The maximum atomic E-state index is 12.0. The lowest BCUT2D eigenvalue weighted by molar-refractivity contribution is -0.167. The lowest BCUT2D eigenvalue weighted by Crippen LogP contribution is -2.59. The first-order chi connectivity index (χ1) is 7.63. The number of rotatable bonds is 2. The summed E-state index contributed by atoms with van der Waals surface area (Å²) >= 11 is 0. The Kier molecular flexibility index (Phi) is 4.20. The summed E-state index contributed by atoms with van der Waals surface area (Å²) in [5.41, 5.74) is -0.545. The Morgan fingerprint density at radius 3 is 2.47 bits per heavy atom. The average molecular weight is 243 g/mol. The number of carbonyl (C=O) groups is 1. The molecule has 1 saturated heterocycles. The van der Waals surface area contributed by atoms with E-state index < -0.39 is 5.60 Å². The first kappa shape index (κ1) is 14.5. The zero-order valence-corrected chi connectivity index (χ0v) is 11.9. The van der Waals surface area contributed by atoms with Crippen molar-refractivity contribution in [3.63, 3.8) is 0 Å². The quantitative estimate of drug-likeness (QED) is 0.694. The summed E-state index contributed by atoms with van der Waals surface area (Å²) in [4.78, 5) is 14.2. The summed E-state index contributed by atoms with van der Waals surface area (Å²) in [6.07, 6.45) is 0. The van der Waals surface area contributed by atoms with Gasteiger partial charge in [0.15, 0.2) is 0 Å². The van der Waals surface area contributed by atoms with Gasteiger partial charge in [-0.05, 0) is 41.5 Å². The fraction of sp³-hybridized carbons (Fsp3) is 0.923. The number of hydrogen-bond donors (Lipinski definition) is 0. The molecule has 1 rings (SSSR count). The summed E-state index contributed by atoms with van der Waals surface area (Å²) < 4.78 is 10.9. The van der Waals surface area contributed by atoms with Crippen LogP contribution in [0.5, 0.6) is 0 Å². The summed E-state index contributed by atoms with van der Waals surface area (Å²) in [5, 5.41) is 0. The second kappa shape index (κ2) is 4.94. The third-order valence-electron chi connectivity index (χ3n) is 2.92. The molecule has 1 atom stereocenters. The number of carbonyl (C=O) groups excluding carboxylic acids is 1. The number of morpholine rings is 1. The van der Waals surface area contributed by atoms with Gasteiger partial charge in [-0.25, -0.2) is 0 Å². The highest BCUT2D eigenvalue weighted by molar-refractivity contribution is 5.75. The molecule has 0 radical (unpaired) electrons. The highest BCUT2D eigenvalue weighted by atomic mass is 16.6. The minimum Gasteiger partial charge on any atom is -0.459 e. The van der Waals surface area contributed by atoms with Crippen molar-refractivity contribution >= 4 is 5.97 Å². The Balaban J connectivity index is 2.68. The molecule has 100 valence electrons. The van der Waals surface area contributed by atoms with Gasteiger partial charge in [0, 0.05) is 12.1 Å². The molecule has 4 nitrogen and oxygen atoms in total. The van der Waals surface area contributed by atoms with E-state index >= 15 is 0 Å². The summed E-state index contributed by atoms with van der Waals surface area (Å²) in [6.45, 7) is 13.9. The second-order valence-corrected chi connectivity index (χ2v) is 6.27. The number of esters is 1. The zero-order valence-electron chi connectivity index (χ0n) is 11.9. The van der Waals surface area contributed by atoms with Crippen LogP contribution in [-0.4, -0.2) is 47.8 Å². The maximum absolute atomic E-state index is 12.0. The van der Waals surface area contributed by atoms with Crippen molar-refractivity contribution in [2.45, 2.75) is 58.7 Å². The molecule has 0 spiro atoms. The van der Waals surface area contributed by atoms with E-state index in [9.17, 15) is 4.79 Å². The van der Waals surface area contributed by atoms with Crippen LogP contribution in [0, 0.1) is 0 Å². The molecule has 0 aliphatic carbocycles. The van der Waals surface area contributed by atoms with Crippen LogP contribution >= 0.6 is 0 Å². The number of ether oxygens (including phenoxy) is 2. The van der Waals surface area contributed by atoms with E-state index in [0.717, 1.165) is 6.54 Å². The maximum Gasteiger partial charge on any atom is 0.323 e. The van der Waals surface area contributed by atoms with Crippen molar-refractivity contribution in [2.24, 2.45) is 0 Å². The Morgan fingerprint density at radius 2 is 2.00 bits per heavy atom. The van der Waals surface area contributed by atoms with Crippen LogP contribution in [0.25, 0.3) is 0 Å². The lowest BCUT2D eigenvalue weighted by Gasteiger charge is -2.45. The van der Waals surface area contributed by atoms with E-state index in [1.54, 1.807) is 0 Å². The van der Waals surface area contributed by atoms with Gasteiger partial charge in [-0.15, -0.1) is 0 Å². The molecule has 17 heavy (non-hydrogen) atoms. The first-order valence-electron chi connectivity index (χ1n) is 6.21.